The Morgan fingerprint density at radius 2 is 1.76 bits per heavy atom. The van der Waals surface area contributed by atoms with Crippen LogP contribution in [0.3, 0.4) is 0 Å². The second-order valence-corrected chi connectivity index (χ2v) is 7.36. The number of anilines is 1. The maximum absolute atomic E-state index is 12.5. The zero-order valence-electron chi connectivity index (χ0n) is 13.8. The Morgan fingerprint density at radius 3 is 2.29 bits per heavy atom. The predicted octanol–water partition coefficient (Wildman–Crippen LogP) is 3.81. The number of nitrogens with two attached hydrogens (primary N) is 1. The van der Waals surface area contributed by atoms with Crippen LogP contribution in [0.2, 0.25) is 0 Å². The van der Waals surface area contributed by atoms with Crippen LogP contribution in [-0.2, 0) is 4.79 Å². The normalized spacial score (nSPS) is 11.2. The lowest BCUT2D eigenvalue weighted by atomic mass is 10.1. The molecule has 21 heavy (non-hydrogen) atoms. The van der Waals surface area contributed by atoms with Crippen LogP contribution in [0.25, 0.3) is 0 Å². The minimum Gasteiger partial charge on any atom is -0.398 e. The zero-order chi connectivity index (χ0) is 16.0. The van der Waals surface area contributed by atoms with Gasteiger partial charge in [-0.3, -0.25) is 4.79 Å². The van der Waals surface area contributed by atoms with Crippen LogP contribution in [0.4, 0.5) is 5.69 Å². The highest BCUT2D eigenvalue weighted by molar-refractivity contribution is 8.00. The molecule has 0 fully saturated rings. The lowest BCUT2D eigenvalue weighted by molar-refractivity contribution is -0.129. The molecule has 0 aliphatic rings. The first-order valence-electron chi connectivity index (χ1n) is 7.57. The number of hydrogen-bond acceptors (Lipinski definition) is 3. The second kappa shape index (κ2) is 8.32. The van der Waals surface area contributed by atoms with Gasteiger partial charge in [0, 0.05) is 23.7 Å². The molecule has 0 aliphatic carbocycles. The third-order valence-electron chi connectivity index (χ3n) is 3.20. The Hall–Kier alpha value is -1.16. The van der Waals surface area contributed by atoms with Crippen molar-refractivity contribution in [3.63, 3.8) is 0 Å². The van der Waals surface area contributed by atoms with Crippen LogP contribution in [0.5, 0.6) is 0 Å². The van der Waals surface area contributed by atoms with Crippen LogP contribution in [0, 0.1) is 18.8 Å². The van der Waals surface area contributed by atoms with Gasteiger partial charge in [-0.05, 0) is 36.5 Å². The summed E-state index contributed by atoms with van der Waals surface area (Å²) in [6.45, 7) is 12.3. The number of benzene rings is 1. The van der Waals surface area contributed by atoms with E-state index >= 15 is 0 Å². The van der Waals surface area contributed by atoms with Crippen LogP contribution in [0.15, 0.2) is 23.1 Å². The van der Waals surface area contributed by atoms with Gasteiger partial charge in [0.1, 0.15) is 0 Å². The summed E-state index contributed by atoms with van der Waals surface area (Å²) < 4.78 is 0. The molecule has 0 saturated heterocycles. The molecule has 0 heterocycles. The van der Waals surface area contributed by atoms with Crippen molar-refractivity contribution in [1.82, 2.24) is 4.90 Å². The topological polar surface area (TPSA) is 46.3 Å². The van der Waals surface area contributed by atoms with Crippen molar-refractivity contribution in [2.45, 2.75) is 39.5 Å². The largest absolute Gasteiger partial charge is 0.398 e. The maximum atomic E-state index is 12.5. The highest BCUT2D eigenvalue weighted by atomic mass is 32.2. The van der Waals surface area contributed by atoms with E-state index in [2.05, 4.69) is 27.7 Å². The molecule has 0 radical (unpaired) electrons. The Morgan fingerprint density at radius 1 is 1.19 bits per heavy atom. The Kier molecular flexibility index (Phi) is 7.09. The van der Waals surface area contributed by atoms with Crippen molar-refractivity contribution in [2.24, 2.45) is 11.8 Å². The number of nitrogen functional groups attached to an aromatic ring is 1. The number of thioether (sulfide) groups is 1. The van der Waals surface area contributed by atoms with E-state index in [1.807, 2.05) is 30.0 Å². The number of carbonyl (C=O) groups excluding carboxylic acids is 1. The summed E-state index contributed by atoms with van der Waals surface area (Å²) in [5.74, 6) is 1.67. The van der Waals surface area contributed by atoms with E-state index in [0.717, 1.165) is 29.2 Å². The van der Waals surface area contributed by atoms with Gasteiger partial charge in [-0.1, -0.05) is 33.8 Å². The van der Waals surface area contributed by atoms with Gasteiger partial charge in [0.2, 0.25) is 5.91 Å². The van der Waals surface area contributed by atoms with Gasteiger partial charge in [-0.25, -0.2) is 0 Å². The monoisotopic (exact) mass is 308 g/mol. The SMILES string of the molecule is Cc1c(N)cccc1SCC(=O)N(CC(C)C)CC(C)C. The molecule has 0 aliphatic heterocycles. The first kappa shape index (κ1) is 17.9. The van der Waals surface area contributed by atoms with Crippen LogP contribution in [0.1, 0.15) is 33.3 Å². The van der Waals surface area contributed by atoms with Crippen molar-refractivity contribution in [1.29, 1.82) is 0 Å². The quantitative estimate of drug-likeness (QED) is 0.615. The minimum atomic E-state index is 0.212. The van der Waals surface area contributed by atoms with E-state index in [1.165, 1.54) is 0 Å². The van der Waals surface area contributed by atoms with Gasteiger partial charge < -0.3 is 10.6 Å². The number of rotatable bonds is 7. The Balaban J connectivity index is 2.66. The van der Waals surface area contributed by atoms with E-state index in [4.69, 9.17) is 5.73 Å². The number of hydrogen-bond donors (Lipinski definition) is 1. The van der Waals surface area contributed by atoms with Crippen LogP contribution < -0.4 is 5.73 Å². The summed E-state index contributed by atoms with van der Waals surface area (Å²) in [7, 11) is 0. The molecular formula is C17H28N2OS. The lowest BCUT2D eigenvalue weighted by Gasteiger charge is -2.26. The highest BCUT2D eigenvalue weighted by Crippen LogP contribution is 2.26. The number of carbonyl (C=O) groups is 1. The summed E-state index contributed by atoms with van der Waals surface area (Å²) in [5, 5.41) is 0. The molecule has 0 atom stereocenters. The van der Waals surface area contributed by atoms with Crippen LogP contribution in [-0.4, -0.2) is 29.6 Å². The van der Waals surface area contributed by atoms with Gasteiger partial charge in [-0.15, -0.1) is 11.8 Å². The molecule has 1 amide bonds. The number of amides is 1. The average Bonchev–Trinajstić information content (AvgIpc) is 2.38. The molecule has 4 heteroatoms. The van der Waals surface area contributed by atoms with E-state index in [9.17, 15) is 4.79 Å². The molecule has 1 aromatic carbocycles. The van der Waals surface area contributed by atoms with E-state index in [1.54, 1.807) is 11.8 Å². The fraction of sp³-hybridized carbons (Fsp3) is 0.588. The molecule has 2 N–H and O–H groups in total. The van der Waals surface area contributed by atoms with E-state index in [0.29, 0.717) is 17.6 Å². The minimum absolute atomic E-state index is 0.212. The third-order valence-corrected chi connectivity index (χ3v) is 4.35. The lowest BCUT2D eigenvalue weighted by Crippen LogP contribution is -2.38. The molecule has 0 saturated carbocycles. The molecule has 0 bridgehead atoms. The van der Waals surface area contributed by atoms with Crippen molar-refractivity contribution < 1.29 is 4.79 Å². The summed E-state index contributed by atoms with van der Waals surface area (Å²) in [5.41, 5.74) is 7.76. The summed E-state index contributed by atoms with van der Waals surface area (Å²) in [4.78, 5) is 15.5. The molecule has 0 spiro atoms. The Labute approximate surface area is 133 Å². The molecule has 0 aromatic heterocycles. The highest BCUT2D eigenvalue weighted by Gasteiger charge is 2.16. The molecule has 0 unspecified atom stereocenters. The molecule has 118 valence electrons. The van der Waals surface area contributed by atoms with E-state index in [-0.39, 0.29) is 5.91 Å². The molecule has 1 aromatic rings. The summed E-state index contributed by atoms with van der Waals surface area (Å²) >= 11 is 1.58. The van der Waals surface area contributed by atoms with Gasteiger partial charge in [0.25, 0.3) is 0 Å². The third kappa shape index (κ3) is 6.00. The van der Waals surface area contributed by atoms with Gasteiger partial charge >= 0.3 is 0 Å². The first-order valence-corrected chi connectivity index (χ1v) is 8.55. The van der Waals surface area contributed by atoms with E-state index < -0.39 is 0 Å². The summed E-state index contributed by atoms with van der Waals surface area (Å²) in [6.07, 6.45) is 0. The predicted molar refractivity (Wildman–Crippen MR) is 92.6 cm³/mol. The van der Waals surface area contributed by atoms with Gasteiger partial charge in [0.05, 0.1) is 5.75 Å². The molecule has 1 rings (SSSR count). The second-order valence-electron chi connectivity index (χ2n) is 6.35. The molecule has 3 nitrogen and oxygen atoms in total. The standard InChI is InChI=1S/C17H28N2OS/c1-12(2)9-19(10-13(3)4)17(20)11-21-16-8-6-7-15(18)14(16)5/h6-8,12-13H,9-11,18H2,1-5H3. The first-order chi connectivity index (χ1) is 9.81. The fourth-order valence-corrected chi connectivity index (χ4v) is 3.15. The maximum Gasteiger partial charge on any atom is 0.232 e. The number of nitrogens with zero attached hydrogens (tertiary/aromatic N) is 1. The Bertz CT molecular complexity index is 462. The fourth-order valence-electron chi connectivity index (χ4n) is 2.18. The van der Waals surface area contributed by atoms with Crippen LogP contribution >= 0.6 is 11.8 Å². The van der Waals surface area contributed by atoms with Crippen molar-refractivity contribution >= 4 is 23.4 Å². The average molecular weight is 308 g/mol. The van der Waals surface area contributed by atoms with Crippen molar-refractivity contribution in [3.05, 3.63) is 23.8 Å². The summed E-state index contributed by atoms with van der Waals surface area (Å²) in [6, 6.07) is 5.86. The molecular weight excluding hydrogens is 280 g/mol. The zero-order valence-corrected chi connectivity index (χ0v) is 14.7. The van der Waals surface area contributed by atoms with Crippen molar-refractivity contribution in [2.75, 3.05) is 24.6 Å². The van der Waals surface area contributed by atoms with Gasteiger partial charge in [-0.2, -0.15) is 0 Å². The smallest absolute Gasteiger partial charge is 0.232 e. The van der Waals surface area contributed by atoms with Crippen molar-refractivity contribution in [3.8, 4) is 0 Å². The van der Waals surface area contributed by atoms with Gasteiger partial charge in [0.15, 0.2) is 0 Å².